The van der Waals surface area contributed by atoms with Gasteiger partial charge in [-0.2, -0.15) is 0 Å². The predicted molar refractivity (Wildman–Crippen MR) is 109 cm³/mol. The third-order valence-corrected chi connectivity index (χ3v) is 5.57. The quantitative estimate of drug-likeness (QED) is 0.337. The zero-order valence-corrected chi connectivity index (χ0v) is 18.0. The van der Waals surface area contributed by atoms with Crippen LogP contribution in [0.4, 0.5) is 0 Å². The average Bonchev–Trinajstić information content (AvgIpc) is 3.35. The summed E-state index contributed by atoms with van der Waals surface area (Å²) < 4.78 is 12.4. The van der Waals surface area contributed by atoms with Crippen molar-refractivity contribution in [2.75, 3.05) is 12.4 Å². The fraction of sp³-hybridized carbons (Fsp3) is 0.400. The van der Waals surface area contributed by atoms with Gasteiger partial charge in [-0.3, -0.25) is 4.79 Å². The molecule has 0 aliphatic carbocycles. The van der Waals surface area contributed by atoms with Gasteiger partial charge in [-0.1, -0.05) is 11.8 Å². The number of carbonyl (C=O) groups excluding carboxylic acids is 2. The normalized spacial score (nSPS) is 11.1. The molecule has 3 rings (SSSR count). The van der Waals surface area contributed by atoms with Gasteiger partial charge in [0.15, 0.2) is 16.8 Å². The summed E-state index contributed by atoms with van der Waals surface area (Å²) in [6.45, 7) is 10.0. The van der Waals surface area contributed by atoms with Gasteiger partial charge < -0.3 is 18.7 Å². The van der Waals surface area contributed by atoms with Crippen LogP contribution in [0.2, 0.25) is 0 Å². The standard InChI is InChI=1S/C20H24N4O4S/c1-6-24-18(14-8-9-28-13(14)5)22-23-20(24)29-10-15(25)16-11(3)21-12(4)17(16)19(26)27-7-2/h8-9,21H,6-7,10H2,1-5H3. The molecule has 0 saturated carbocycles. The predicted octanol–water partition coefficient (Wildman–Crippen LogP) is 3.96. The van der Waals surface area contributed by atoms with E-state index in [0.29, 0.717) is 40.0 Å². The molecule has 0 saturated heterocycles. The summed E-state index contributed by atoms with van der Waals surface area (Å²) in [5.41, 5.74) is 2.84. The third-order valence-electron chi connectivity index (χ3n) is 4.60. The number of Topliss-reactive ketones (excluding diaryl/α,β-unsaturated/α-hetero) is 1. The number of ether oxygens (including phenoxy) is 1. The van der Waals surface area contributed by atoms with E-state index in [2.05, 4.69) is 15.2 Å². The number of aromatic amines is 1. The van der Waals surface area contributed by atoms with Crippen LogP contribution in [-0.4, -0.2) is 43.9 Å². The lowest BCUT2D eigenvalue weighted by Crippen LogP contribution is -2.13. The monoisotopic (exact) mass is 416 g/mol. The molecule has 0 fully saturated rings. The molecule has 3 aromatic rings. The highest BCUT2D eigenvalue weighted by Crippen LogP contribution is 2.28. The number of hydrogen-bond donors (Lipinski definition) is 1. The van der Waals surface area contributed by atoms with Crippen molar-refractivity contribution in [3.63, 3.8) is 0 Å². The molecule has 0 atom stereocenters. The first-order valence-corrected chi connectivity index (χ1v) is 10.4. The van der Waals surface area contributed by atoms with Crippen LogP contribution in [0.3, 0.4) is 0 Å². The van der Waals surface area contributed by atoms with E-state index in [-0.39, 0.29) is 18.1 Å². The average molecular weight is 417 g/mol. The van der Waals surface area contributed by atoms with Crippen molar-refractivity contribution >= 4 is 23.5 Å². The molecule has 0 radical (unpaired) electrons. The van der Waals surface area contributed by atoms with Crippen LogP contribution in [0, 0.1) is 20.8 Å². The molecular weight excluding hydrogens is 392 g/mol. The summed E-state index contributed by atoms with van der Waals surface area (Å²) in [5, 5.41) is 9.16. The summed E-state index contributed by atoms with van der Waals surface area (Å²) >= 11 is 1.29. The SMILES string of the molecule is CCOC(=O)c1c(C)[nH]c(C)c1C(=O)CSc1nnc(-c2ccoc2C)n1CC. The molecule has 0 amide bonds. The molecule has 0 aliphatic heterocycles. The van der Waals surface area contributed by atoms with Crippen molar-refractivity contribution in [1.82, 2.24) is 19.7 Å². The molecule has 1 N–H and O–H groups in total. The Bertz CT molecular complexity index is 1050. The molecular formula is C20H24N4O4S. The second-order valence-corrected chi connectivity index (χ2v) is 7.44. The summed E-state index contributed by atoms with van der Waals surface area (Å²) in [7, 11) is 0. The van der Waals surface area contributed by atoms with Gasteiger partial charge in [-0.15, -0.1) is 10.2 Å². The van der Waals surface area contributed by atoms with E-state index < -0.39 is 5.97 Å². The van der Waals surface area contributed by atoms with Gasteiger partial charge in [0.1, 0.15) is 5.76 Å². The number of hydrogen-bond acceptors (Lipinski definition) is 7. The van der Waals surface area contributed by atoms with Gasteiger partial charge in [-0.05, 0) is 40.7 Å². The molecule has 3 aromatic heterocycles. The van der Waals surface area contributed by atoms with Crippen molar-refractivity contribution in [3.8, 4) is 11.4 Å². The Morgan fingerprint density at radius 2 is 1.90 bits per heavy atom. The summed E-state index contributed by atoms with van der Waals surface area (Å²) in [5.74, 6) is 0.947. The Morgan fingerprint density at radius 1 is 1.17 bits per heavy atom. The number of aryl methyl sites for hydroxylation is 3. The molecule has 29 heavy (non-hydrogen) atoms. The first kappa shape index (κ1) is 20.9. The number of carbonyl (C=O) groups is 2. The minimum atomic E-state index is -0.489. The summed E-state index contributed by atoms with van der Waals surface area (Å²) in [6, 6.07) is 1.85. The lowest BCUT2D eigenvalue weighted by Gasteiger charge is -2.08. The van der Waals surface area contributed by atoms with Crippen LogP contribution in [0.15, 0.2) is 21.9 Å². The maximum Gasteiger partial charge on any atom is 0.340 e. The number of ketones is 1. The number of furan rings is 1. The first-order chi connectivity index (χ1) is 13.9. The number of rotatable bonds is 8. The van der Waals surface area contributed by atoms with E-state index >= 15 is 0 Å². The summed E-state index contributed by atoms with van der Waals surface area (Å²) in [6.07, 6.45) is 1.61. The van der Waals surface area contributed by atoms with Crippen LogP contribution in [0.25, 0.3) is 11.4 Å². The van der Waals surface area contributed by atoms with Crippen LogP contribution in [-0.2, 0) is 11.3 Å². The molecule has 0 aliphatic rings. The fourth-order valence-corrected chi connectivity index (χ4v) is 4.16. The smallest absolute Gasteiger partial charge is 0.340 e. The third kappa shape index (κ3) is 4.00. The van der Waals surface area contributed by atoms with Crippen LogP contribution in [0.5, 0.6) is 0 Å². The second kappa shape index (κ2) is 8.69. The van der Waals surface area contributed by atoms with Crippen LogP contribution < -0.4 is 0 Å². The maximum atomic E-state index is 12.9. The number of esters is 1. The van der Waals surface area contributed by atoms with Crippen molar-refractivity contribution < 1.29 is 18.7 Å². The van der Waals surface area contributed by atoms with E-state index in [1.807, 2.05) is 24.5 Å². The fourth-order valence-electron chi connectivity index (χ4n) is 3.29. The van der Waals surface area contributed by atoms with Crippen molar-refractivity contribution in [3.05, 3.63) is 40.6 Å². The molecule has 9 heteroatoms. The molecule has 0 spiro atoms. The Morgan fingerprint density at radius 3 is 2.52 bits per heavy atom. The van der Waals surface area contributed by atoms with Crippen LogP contribution >= 0.6 is 11.8 Å². The van der Waals surface area contributed by atoms with E-state index in [4.69, 9.17) is 9.15 Å². The van der Waals surface area contributed by atoms with E-state index in [9.17, 15) is 9.59 Å². The van der Waals surface area contributed by atoms with Gasteiger partial charge in [-0.25, -0.2) is 4.79 Å². The minimum absolute atomic E-state index is 0.132. The zero-order chi connectivity index (χ0) is 21.1. The molecule has 8 nitrogen and oxygen atoms in total. The lowest BCUT2D eigenvalue weighted by molar-refractivity contribution is 0.0522. The molecule has 0 aromatic carbocycles. The number of nitrogens with zero attached hydrogens (tertiary/aromatic N) is 3. The van der Waals surface area contributed by atoms with Crippen molar-refractivity contribution in [1.29, 1.82) is 0 Å². The molecule has 154 valence electrons. The Kier molecular flexibility index (Phi) is 6.26. The molecule has 3 heterocycles. The van der Waals surface area contributed by atoms with Crippen molar-refractivity contribution in [2.24, 2.45) is 0 Å². The molecule has 0 bridgehead atoms. The Labute approximate surface area is 173 Å². The number of thioether (sulfide) groups is 1. The highest BCUT2D eigenvalue weighted by atomic mass is 32.2. The number of nitrogens with one attached hydrogen (secondary N) is 1. The number of H-pyrrole nitrogens is 1. The van der Waals surface area contributed by atoms with Gasteiger partial charge in [0.05, 0.1) is 35.3 Å². The van der Waals surface area contributed by atoms with E-state index in [1.165, 1.54) is 11.8 Å². The summed E-state index contributed by atoms with van der Waals surface area (Å²) in [4.78, 5) is 28.3. The van der Waals surface area contributed by atoms with E-state index in [0.717, 1.165) is 11.3 Å². The second-order valence-electron chi connectivity index (χ2n) is 6.50. The molecule has 0 unspecified atom stereocenters. The Balaban J connectivity index is 1.83. The zero-order valence-electron chi connectivity index (χ0n) is 17.2. The first-order valence-electron chi connectivity index (χ1n) is 9.38. The lowest BCUT2D eigenvalue weighted by atomic mass is 10.1. The van der Waals surface area contributed by atoms with Crippen molar-refractivity contribution in [2.45, 2.75) is 46.3 Å². The van der Waals surface area contributed by atoms with Gasteiger partial charge in [0, 0.05) is 17.9 Å². The van der Waals surface area contributed by atoms with Gasteiger partial charge >= 0.3 is 5.97 Å². The van der Waals surface area contributed by atoms with Crippen LogP contribution in [0.1, 0.15) is 51.7 Å². The van der Waals surface area contributed by atoms with E-state index in [1.54, 1.807) is 27.0 Å². The largest absolute Gasteiger partial charge is 0.469 e. The minimum Gasteiger partial charge on any atom is -0.469 e. The highest BCUT2D eigenvalue weighted by Gasteiger charge is 2.26. The maximum absolute atomic E-state index is 12.9. The van der Waals surface area contributed by atoms with Gasteiger partial charge in [0.2, 0.25) is 0 Å². The Hall–Kier alpha value is -2.81. The van der Waals surface area contributed by atoms with Gasteiger partial charge in [0.25, 0.3) is 0 Å². The highest BCUT2D eigenvalue weighted by molar-refractivity contribution is 7.99. The topological polar surface area (TPSA) is 103 Å². The number of aromatic nitrogens is 4.